The molecular formula is C22H28N2O3. The van der Waals surface area contributed by atoms with E-state index in [-0.39, 0.29) is 12.1 Å². The number of rotatable bonds is 9. The van der Waals surface area contributed by atoms with Gasteiger partial charge in [0.2, 0.25) is 0 Å². The van der Waals surface area contributed by atoms with Crippen molar-refractivity contribution in [2.24, 2.45) is 0 Å². The number of methoxy groups -OCH3 is 1. The van der Waals surface area contributed by atoms with Gasteiger partial charge in [0.25, 0.3) is 5.91 Å². The average molecular weight is 368 g/mol. The molecule has 2 aromatic carbocycles. The Kier molecular flexibility index (Phi) is 6.71. The first-order valence-electron chi connectivity index (χ1n) is 9.63. The second-order valence-electron chi connectivity index (χ2n) is 6.68. The highest BCUT2D eigenvalue weighted by molar-refractivity contribution is 6.01. The van der Waals surface area contributed by atoms with Crippen molar-refractivity contribution in [2.75, 3.05) is 32.2 Å². The van der Waals surface area contributed by atoms with E-state index in [1.54, 1.807) is 7.11 Å². The number of unbranched alkanes of at least 4 members (excludes halogenated alkanes) is 2. The first-order chi connectivity index (χ1) is 13.3. The van der Waals surface area contributed by atoms with Gasteiger partial charge in [0.15, 0.2) is 0 Å². The number of anilines is 1. The molecular weight excluding hydrogens is 340 g/mol. The highest BCUT2D eigenvalue weighted by Crippen LogP contribution is 2.36. The maximum Gasteiger partial charge on any atom is 0.257 e. The van der Waals surface area contributed by atoms with E-state index in [0.29, 0.717) is 25.3 Å². The van der Waals surface area contributed by atoms with Gasteiger partial charge in [-0.1, -0.05) is 50.1 Å². The van der Waals surface area contributed by atoms with E-state index in [1.165, 1.54) is 0 Å². The number of ether oxygens (including phenoxy) is 2. The number of carbonyl (C=O) groups is 1. The van der Waals surface area contributed by atoms with E-state index in [1.807, 2.05) is 53.4 Å². The van der Waals surface area contributed by atoms with Gasteiger partial charge in [0.1, 0.15) is 11.9 Å². The molecule has 0 radical (unpaired) electrons. The fourth-order valence-corrected chi connectivity index (χ4v) is 3.33. The van der Waals surface area contributed by atoms with Crippen molar-refractivity contribution in [3.8, 4) is 5.75 Å². The van der Waals surface area contributed by atoms with E-state index in [4.69, 9.17) is 9.47 Å². The maximum atomic E-state index is 13.1. The maximum absolute atomic E-state index is 13.1. The lowest BCUT2D eigenvalue weighted by molar-refractivity contribution is 0.0606. The van der Waals surface area contributed by atoms with E-state index in [0.717, 1.165) is 36.3 Å². The minimum atomic E-state index is -0.287. The number of hydrogen-bond acceptors (Lipinski definition) is 4. The molecule has 0 aromatic heterocycles. The first kappa shape index (κ1) is 19.2. The van der Waals surface area contributed by atoms with Crippen molar-refractivity contribution in [3.05, 3.63) is 59.7 Å². The number of amides is 1. The van der Waals surface area contributed by atoms with Crippen LogP contribution in [-0.4, -0.2) is 37.7 Å². The summed E-state index contributed by atoms with van der Waals surface area (Å²) in [6, 6.07) is 15.6. The van der Waals surface area contributed by atoms with Gasteiger partial charge in [-0.2, -0.15) is 0 Å². The van der Waals surface area contributed by atoms with Crippen LogP contribution in [0.2, 0.25) is 0 Å². The monoisotopic (exact) mass is 368 g/mol. The molecule has 0 spiro atoms. The Labute approximate surface area is 161 Å². The molecule has 3 rings (SSSR count). The molecule has 1 aliphatic rings. The van der Waals surface area contributed by atoms with E-state index in [9.17, 15) is 4.79 Å². The molecule has 1 amide bonds. The third-order valence-electron chi connectivity index (χ3n) is 4.78. The molecule has 0 aliphatic carbocycles. The summed E-state index contributed by atoms with van der Waals surface area (Å²) in [6.45, 7) is 3.84. The number of hydrogen-bond donors (Lipinski definition) is 1. The van der Waals surface area contributed by atoms with Gasteiger partial charge >= 0.3 is 0 Å². The summed E-state index contributed by atoms with van der Waals surface area (Å²) in [5, 5.41) is 3.51. The molecule has 0 saturated heterocycles. The molecule has 1 aliphatic heterocycles. The summed E-state index contributed by atoms with van der Waals surface area (Å²) >= 11 is 0. The fraction of sp³-hybridized carbons (Fsp3) is 0.409. The molecule has 0 fully saturated rings. The van der Waals surface area contributed by atoms with E-state index >= 15 is 0 Å². The summed E-state index contributed by atoms with van der Waals surface area (Å²) in [6.07, 6.45) is 3.05. The zero-order chi connectivity index (χ0) is 19.1. The van der Waals surface area contributed by atoms with Crippen LogP contribution >= 0.6 is 0 Å². The largest absolute Gasteiger partial charge is 0.493 e. The Morgan fingerprint density at radius 1 is 1.04 bits per heavy atom. The van der Waals surface area contributed by atoms with Crippen LogP contribution in [-0.2, 0) is 4.74 Å². The van der Waals surface area contributed by atoms with Crippen LogP contribution in [0.15, 0.2) is 48.5 Å². The molecule has 1 N–H and O–H groups in total. The number of fused-ring (bicyclic) bond motifs is 1. The van der Waals surface area contributed by atoms with Gasteiger partial charge in [-0.25, -0.2) is 0 Å². The van der Waals surface area contributed by atoms with Gasteiger partial charge < -0.3 is 19.7 Å². The second kappa shape index (κ2) is 9.42. The summed E-state index contributed by atoms with van der Waals surface area (Å²) in [4.78, 5) is 14.9. The van der Waals surface area contributed by atoms with Crippen LogP contribution in [0, 0.1) is 0 Å². The first-order valence-corrected chi connectivity index (χ1v) is 9.63. The van der Waals surface area contributed by atoms with Crippen molar-refractivity contribution in [1.29, 1.82) is 0 Å². The van der Waals surface area contributed by atoms with Crippen LogP contribution in [0.25, 0.3) is 0 Å². The lowest BCUT2D eigenvalue weighted by atomic mass is 10.0. The minimum Gasteiger partial charge on any atom is -0.493 e. The van der Waals surface area contributed by atoms with Crippen molar-refractivity contribution in [2.45, 2.75) is 32.4 Å². The second-order valence-corrected chi connectivity index (χ2v) is 6.68. The van der Waals surface area contributed by atoms with Crippen LogP contribution in [0.3, 0.4) is 0 Å². The van der Waals surface area contributed by atoms with Crippen molar-refractivity contribution in [3.63, 3.8) is 0 Å². The Morgan fingerprint density at radius 2 is 1.81 bits per heavy atom. The minimum absolute atomic E-state index is 0.00665. The summed E-state index contributed by atoms with van der Waals surface area (Å²) < 4.78 is 11.3. The zero-order valence-electron chi connectivity index (χ0n) is 16.1. The quantitative estimate of drug-likeness (QED) is 0.664. The zero-order valence-corrected chi connectivity index (χ0v) is 16.1. The van der Waals surface area contributed by atoms with Crippen LogP contribution < -0.4 is 10.1 Å². The fourth-order valence-electron chi connectivity index (χ4n) is 3.33. The van der Waals surface area contributed by atoms with Crippen LogP contribution in [0.5, 0.6) is 5.75 Å². The van der Waals surface area contributed by atoms with Gasteiger partial charge in [-0.3, -0.25) is 4.79 Å². The lowest BCUT2D eigenvalue weighted by Crippen LogP contribution is -2.44. The Bertz CT molecular complexity index is 763. The van der Waals surface area contributed by atoms with Crippen molar-refractivity contribution >= 4 is 11.6 Å². The lowest BCUT2D eigenvalue weighted by Gasteiger charge is -2.38. The number of nitrogens with one attached hydrogen (secondary N) is 1. The van der Waals surface area contributed by atoms with Gasteiger partial charge in [0, 0.05) is 24.9 Å². The standard InChI is InChI=1S/C22H28N2O3/c1-3-4-9-15-27-20-13-8-6-11-18(20)21-23-19-12-7-5-10-17(19)22(25)24(21)14-16-26-2/h5-8,10-13,21,23H,3-4,9,14-16H2,1-2H3. The van der Waals surface area contributed by atoms with Gasteiger partial charge in [-0.05, 0) is 24.6 Å². The molecule has 27 heavy (non-hydrogen) atoms. The van der Waals surface area contributed by atoms with Crippen LogP contribution in [0.4, 0.5) is 5.69 Å². The van der Waals surface area contributed by atoms with Crippen molar-refractivity contribution in [1.82, 2.24) is 4.90 Å². The number of para-hydroxylation sites is 2. The SMILES string of the molecule is CCCCCOc1ccccc1C1Nc2ccccc2C(=O)N1CCOC. The molecule has 1 unspecified atom stereocenters. The third kappa shape index (κ3) is 4.42. The average Bonchev–Trinajstić information content (AvgIpc) is 2.71. The normalized spacial score (nSPS) is 16.0. The molecule has 1 atom stereocenters. The van der Waals surface area contributed by atoms with Gasteiger partial charge in [-0.15, -0.1) is 0 Å². The Balaban J connectivity index is 1.90. The predicted molar refractivity (Wildman–Crippen MR) is 107 cm³/mol. The van der Waals surface area contributed by atoms with Crippen LogP contribution in [0.1, 0.15) is 48.3 Å². The van der Waals surface area contributed by atoms with E-state index in [2.05, 4.69) is 12.2 Å². The molecule has 2 aromatic rings. The highest BCUT2D eigenvalue weighted by atomic mass is 16.5. The number of benzene rings is 2. The summed E-state index contributed by atoms with van der Waals surface area (Å²) in [5.74, 6) is 0.827. The Hall–Kier alpha value is -2.53. The van der Waals surface area contributed by atoms with Gasteiger partial charge in [0.05, 0.1) is 18.8 Å². The number of carbonyl (C=O) groups excluding carboxylic acids is 1. The Morgan fingerprint density at radius 3 is 2.63 bits per heavy atom. The predicted octanol–water partition coefficient (Wildman–Crippen LogP) is 4.47. The molecule has 1 heterocycles. The third-order valence-corrected chi connectivity index (χ3v) is 4.78. The molecule has 5 nitrogen and oxygen atoms in total. The number of nitrogens with zero attached hydrogens (tertiary/aromatic N) is 1. The smallest absolute Gasteiger partial charge is 0.257 e. The molecule has 5 heteroatoms. The topological polar surface area (TPSA) is 50.8 Å². The van der Waals surface area contributed by atoms with E-state index < -0.39 is 0 Å². The van der Waals surface area contributed by atoms with Crippen molar-refractivity contribution < 1.29 is 14.3 Å². The highest BCUT2D eigenvalue weighted by Gasteiger charge is 2.33. The molecule has 144 valence electrons. The summed E-state index contributed by atoms with van der Waals surface area (Å²) in [5.41, 5.74) is 2.50. The molecule has 0 saturated carbocycles. The summed E-state index contributed by atoms with van der Waals surface area (Å²) in [7, 11) is 1.65. The molecule has 0 bridgehead atoms.